The van der Waals surface area contributed by atoms with Crippen molar-refractivity contribution < 1.29 is 9.59 Å². The number of benzene rings is 2. The minimum Gasteiger partial charge on any atom is -0.321 e. The number of ketones is 1. The van der Waals surface area contributed by atoms with Crippen LogP contribution in [-0.2, 0) is 4.79 Å². The molecule has 1 aliphatic heterocycles. The monoisotopic (exact) mass is 317 g/mol. The third kappa shape index (κ3) is 2.71. The van der Waals surface area contributed by atoms with Crippen molar-refractivity contribution in [3.63, 3.8) is 0 Å². The minimum atomic E-state index is -0.311. The van der Waals surface area contributed by atoms with E-state index in [1.165, 1.54) is 6.08 Å². The van der Waals surface area contributed by atoms with Crippen LogP contribution in [0.3, 0.4) is 0 Å². The number of fused-ring (bicyclic) bond motifs is 1. The molecule has 0 aliphatic carbocycles. The van der Waals surface area contributed by atoms with E-state index in [1.807, 2.05) is 0 Å². The molecule has 5 heteroatoms. The first-order valence-electron chi connectivity index (χ1n) is 6.17. The van der Waals surface area contributed by atoms with Crippen LogP contribution in [0.1, 0.15) is 15.9 Å². The summed E-state index contributed by atoms with van der Waals surface area (Å²) in [6, 6.07) is 11.6. The first-order valence-corrected chi connectivity index (χ1v) is 6.93. The van der Waals surface area contributed by atoms with E-state index in [2.05, 4.69) is 5.32 Å². The molecule has 2 aromatic carbocycles. The Bertz CT molecular complexity index is 779. The average Bonchev–Trinajstić information content (AvgIpc) is 2.76. The number of carbonyl (C=O) groups excluding carboxylic acids is 2. The van der Waals surface area contributed by atoms with Crippen molar-refractivity contribution >= 4 is 46.2 Å². The molecule has 1 heterocycles. The molecule has 0 unspecified atom stereocenters. The van der Waals surface area contributed by atoms with E-state index in [4.69, 9.17) is 23.2 Å². The lowest BCUT2D eigenvalue weighted by atomic mass is 10.0. The second-order valence-electron chi connectivity index (χ2n) is 4.57. The van der Waals surface area contributed by atoms with Gasteiger partial charge in [0.2, 0.25) is 0 Å². The van der Waals surface area contributed by atoms with E-state index in [1.54, 1.807) is 42.5 Å². The van der Waals surface area contributed by atoms with Crippen molar-refractivity contribution in [1.29, 1.82) is 0 Å². The number of halogens is 2. The zero-order chi connectivity index (χ0) is 15.0. The zero-order valence-corrected chi connectivity index (χ0v) is 12.2. The van der Waals surface area contributed by atoms with E-state index < -0.39 is 0 Å². The van der Waals surface area contributed by atoms with Crippen LogP contribution in [0.5, 0.6) is 0 Å². The van der Waals surface area contributed by atoms with Gasteiger partial charge in [0.1, 0.15) is 0 Å². The van der Waals surface area contributed by atoms with Crippen LogP contribution in [0, 0.1) is 0 Å². The minimum absolute atomic E-state index is 0.260. The van der Waals surface area contributed by atoms with Crippen molar-refractivity contribution in [2.75, 3.05) is 5.32 Å². The SMILES string of the molecule is O=C1Nc2ccc(Cl)cc2C1=CC(=O)c1ccc(Cl)cc1. The Balaban J connectivity index is 2.00. The molecule has 0 bridgehead atoms. The average molecular weight is 318 g/mol. The van der Waals surface area contributed by atoms with Crippen LogP contribution in [0.4, 0.5) is 5.69 Å². The first kappa shape index (κ1) is 13.9. The number of nitrogens with one attached hydrogen (secondary N) is 1. The summed E-state index contributed by atoms with van der Waals surface area (Å²) >= 11 is 11.7. The molecule has 2 aromatic rings. The standard InChI is InChI=1S/C16H9Cl2NO2/c17-10-3-1-9(2-4-10)15(20)8-13-12-7-11(18)5-6-14(12)19-16(13)21/h1-8H,(H,19,21). The van der Waals surface area contributed by atoms with Crippen LogP contribution >= 0.6 is 23.2 Å². The van der Waals surface area contributed by atoms with Crippen molar-refractivity contribution in [2.45, 2.75) is 0 Å². The Morgan fingerprint density at radius 3 is 2.38 bits per heavy atom. The summed E-state index contributed by atoms with van der Waals surface area (Å²) in [5, 5.41) is 3.76. The Hall–Kier alpha value is -2.10. The van der Waals surface area contributed by atoms with Crippen LogP contribution in [0.25, 0.3) is 5.57 Å². The fraction of sp³-hybridized carbons (Fsp3) is 0. The molecule has 104 valence electrons. The first-order chi connectivity index (χ1) is 10.0. The van der Waals surface area contributed by atoms with Crippen molar-refractivity contribution in [2.24, 2.45) is 0 Å². The lowest BCUT2D eigenvalue weighted by molar-refractivity contribution is -0.110. The number of amides is 1. The molecule has 0 aromatic heterocycles. The van der Waals surface area contributed by atoms with Crippen molar-refractivity contribution in [3.8, 4) is 0 Å². The highest BCUT2D eigenvalue weighted by atomic mass is 35.5. The fourth-order valence-electron chi connectivity index (χ4n) is 2.13. The summed E-state index contributed by atoms with van der Waals surface area (Å²) < 4.78 is 0. The lowest BCUT2D eigenvalue weighted by Gasteiger charge is -2.00. The van der Waals surface area contributed by atoms with Gasteiger partial charge in [-0.3, -0.25) is 9.59 Å². The Kier molecular flexibility index (Phi) is 3.53. The number of anilines is 1. The maximum Gasteiger partial charge on any atom is 0.256 e. The van der Waals surface area contributed by atoms with Crippen molar-refractivity contribution in [1.82, 2.24) is 0 Å². The highest BCUT2D eigenvalue weighted by Crippen LogP contribution is 2.33. The van der Waals surface area contributed by atoms with Crippen LogP contribution in [-0.4, -0.2) is 11.7 Å². The number of allylic oxidation sites excluding steroid dienone is 1. The highest BCUT2D eigenvalue weighted by Gasteiger charge is 2.25. The maximum absolute atomic E-state index is 12.2. The summed E-state index contributed by atoms with van der Waals surface area (Å²) in [7, 11) is 0. The molecule has 0 saturated heterocycles. The zero-order valence-electron chi connectivity index (χ0n) is 10.7. The molecule has 1 amide bonds. The Morgan fingerprint density at radius 1 is 1.00 bits per heavy atom. The van der Waals surface area contributed by atoms with Crippen LogP contribution < -0.4 is 5.32 Å². The normalized spacial score (nSPS) is 15.0. The molecule has 0 radical (unpaired) electrons. The van der Waals surface area contributed by atoms with Gasteiger partial charge in [-0.05, 0) is 48.5 Å². The van der Waals surface area contributed by atoms with Crippen molar-refractivity contribution in [3.05, 3.63) is 69.7 Å². The van der Waals surface area contributed by atoms with Gasteiger partial charge in [0, 0.05) is 26.9 Å². The lowest BCUT2D eigenvalue weighted by Crippen LogP contribution is -2.05. The van der Waals surface area contributed by atoms with Gasteiger partial charge in [-0.15, -0.1) is 0 Å². The third-order valence-electron chi connectivity index (χ3n) is 3.17. The van der Waals surface area contributed by atoms with Gasteiger partial charge in [-0.2, -0.15) is 0 Å². The van der Waals surface area contributed by atoms with Gasteiger partial charge < -0.3 is 5.32 Å². The van der Waals surface area contributed by atoms with Gasteiger partial charge >= 0.3 is 0 Å². The van der Waals surface area contributed by atoms with Crippen LogP contribution in [0.2, 0.25) is 10.0 Å². The summed E-state index contributed by atoms with van der Waals surface area (Å²) in [5.41, 5.74) is 2.07. The Labute approximate surface area is 131 Å². The molecule has 0 saturated carbocycles. The number of carbonyl (C=O) groups is 2. The summed E-state index contributed by atoms with van der Waals surface area (Å²) in [6.07, 6.45) is 1.32. The van der Waals surface area contributed by atoms with Gasteiger partial charge in [0.25, 0.3) is 5.91 Å². The number of hydrogen-bond donors (Lipinski definition) is 1. The molecule has 1 N–H and O–H groups in total. The van der Waals surface area contributed by atoms with E-state index in [9.17, 15) is 9.59 Å². The predicted octanol–water partition coefficient (Wildman–Crippen LogP) is 4.21. The summed E-state index contributed by atoms with van der Waals surface area (Å²) in [4.78, 5) is 24.2. The van der Waals surface area contributed by atoms with Gasteiger partial charge in [-0.25, -0.2) is 0 Å². The highest BCUT2D eigenvalue weighted by molar-refractivity contribution is 6.36. The van der Waals surface area contributed by atoms with Gasteiger partial charge in [0.05, 0.1) is 5.57 Å². The largest absolute Gasteiger partial charge is 0.321 e. The summed E-state index contributed by atoms with van der Waals surface area (Å²) in [5.74, 6) is -0.570. The molecule has 0 spiro atoms. The van der Waals surface area contributed by atoms with Gasteiger partial charge in [-0.1, -0.05) is 23.2 Å². The molecule has 3 nitrogen and oxygen atoms in total. The van der Waals surface area contributed by atoms with E-state index in [0.717, 1.165) is 0 Å². The van der Waals surface area contributed by atoms with E-state index in [0.29, 0.717) is 32.4 Å². The Morgan fingerprint density at radius 2 is 1.67 bits per heavy atom. The quantitative estimate of drug-likeness (QED) is 0.666. The molecular formula is C16H9Cl2NO2. The molecule has 3 rings (SSSR count). The molecule has 0 fully saturated rings. The van der Waals surface area contributed by atoms with E-state index >= 15 is 0 Å². The number of hydrogen-bond acceptors (Lipinski definition) is 2. The number of rotatable bonds is 2. The molecule has 21 heavy (non-hydrogen) atoms. The maximum atomic E-state index is 12.2. The van der Waals surface area contributed by atoms with E-state index in [-0.39, 0.29) is 11.7 Å². The second kappa shape index (κ2) is 5.35. The third-order valence-corrected chi connectivity index (χ3v) is 3.66. The topological polar surface area (TPSA) is 46.2 Å². The van der Waals surface area contributed by atoms with Gasteiger partial charge in [0.15, 0.2) is 5.78 Å². The molecule has 0 atom stereocenters. The second-order valence-corrected chi connectivity index (χ2v) is 5.45. The summed E-state index contributed by atoms with van der Waals surface area (Å²) in [6.45, 7) is 0. The molecular weight excluding hydrogens is 309 g/mol. The van der Waals surface area contributed by atoms with Crippen LogP contribution in [0.15, 0.2) is 48.5 Å². The smallest absolute Gasteiger partial charge is 0.256 e. The fourth-order valence-corrected chi connectivity index (χ4v) is 2.43. The predicted molar refractivity (Wildman–Crippen MR) is 83.8 cm³/mol. The molecule has 1 aliphatic rings.